The summed E-state index contributed by atoms with van der Waals surface area (Å²) < 4.78 is 32.3. The van der Waals surface area contributed by atoms with Gasteiger partial charge in [-0.05, 0) is 37.5 Å². The molecule has 1 N–H and O–H groups in total. The largest absolute Gasteiger partial charge is 0.466 e. The molecule has 0 unspecified atom stereocenters. The third kappa shape index (κ3) is 4.81. The van der Waals surface area contributed by atoms with Gasteiger partial charge in [-0.25, -0.2) is 13.1 Å². The Bertz CT molecular complexity index is 589. The van der Waals surface area contributed by atoms with Crippen molar-refractivity contribution in [1.29, 1.82) is 0 Å². The van der Waals surface area contributed by atoms with E-state index in [0.717, 1.165) is 31.2 Å². The number of benzene rings is 1. The maximum absolute atomic E-state index is 12.3. The van der Waals surface area contributed by atoms with Crippen molar-refractivity contribution >= 4 is 16.0 Å². The van der Waals surface area contributed by atoms with Crippen molar-refractivity contribution in [2.24, 2.45) is 0 Å². The van der Waals surface area contributed by atoms with Crippen LogP contribution >= 0.6 is 0 Å². The molecule has 0 amide bonds. The molecule has 0 saturated heterocycles. The summed E-state index contributed by atoms with van der Waals surface area (Å²) in [4.78, 5) is 11.6. The van der Waals surface area contributed by atoms with Gasteiger partial charge < -0.3 is 4.74 Å². The van der Waals surface area contributed by atoms with Crippen LogP contribution in [0.2, 0.25) is 0 Å². The summed E-state index contributed by atoms with van der Waals surface area (Å²) in [5.74, 6) is -0.307. The molecular formula is C16H23NO4S. The standard InChI is InChI=1S/C16H23NO4S/c1-2-21-16(18)12-13-8-10-15(11-9-13)22(19,20)17-14-6-4-3-5-7-14/h8-11,14,17H,2-7,12H2,1H3. The third-order valence-electron chi connectivity index (χ3n) is 3.81. The molecule has 1 aliphatic carbocycles. The molecule has 1 aliphatic rings. The van der Waals surface area contributed by atoms with Gasteiger partial charge in [0, 0.05) is 6.04 Å². The molecule has 0 heterocycles. The van der Waals surface area contributed by atoms with Crippen LogP contribution < -0.4 is 4.72 Å². The van der Waals surface area contributed by atoms with Crippen LogP contribution in [-0.4, -0.2) is 27.0 Å². The molecule has 0 aliphatic heterocycles. The van der Waals surface area contributed by atoms with Crippen LogP contribution in [0.4, 0.5) is 0 Å². The predicted octanol–water partition coefficient (Wildman–Crippen LogP) is 2.40. The first-order valence-corrected chi connectivity index (χ1v) is 9.26. The molecule has 1 aromatic carbocycles. The number of carbonyl (C=O) groups excluding carboxylic acids is 1. The minimum Gasteiger partial charge on any atom is -0.466 e. The summed E-state index contributed by atoms with van der Waals surface area (Å²) in [6.45, 7) is 2.10. The third-order valence-corrected chi connectivity index (χ3v) is 5.35. The van der Waals surface area contributed by atoms with E-state index in [0.29, 0.717) is 6.61 Å². The summed E-state index contributed by atoms with van der Waals surface area (Å²) in [5.41, 5.74) is 0.745. The molecule has 6 heteroatoms. The summed E-state index contributed by atoms with van der Waals surface area (Å²) in [6.07, 6.45) is 5.29. The molecule has 0 bridgehead atoms. The van der Waals surface area contributed by atoms with E-state index in [9.17, 15) is 13.2 Å². The Morgan fingerprint density at radius 1 is 1.18 bits per heavy atom. The number of carbonyl (C=O) groups is 1. The topological polar surface area (TPSA) is 72.5 Å². The fourth-order valence-electron chi connectivity index (χ4n) is 2.67. The lowest BCUT2D eigenvalue weighted by atomic mass is 9.96. The second-order valence-electron chi connectivity index (χ2n) is 5.58. The fraction of sp³-hybridized carbons (Fsp3) is 0.562. The average Bonchev–Trinajstić information content (AvgIpc) is 2.48. The van der Waals surface area contributed by atoms with Crippen LogP contribution in [0.5, 0.6) is 0 Å². The summed E-state index contributed by atoms with van der Waals surface area (Å²) in [5, 5.41) is 0. The van der Waals surface area contributed by atoms with Gasteiger partial charge in [-0.1, -0.05) is 31.4 Å². The van der Waals surface area contributed by atoms with Crippen LogP contribution in [0.1, 0.15) is 44.6 Å². The van der Waals surface area contributed by atoms with Gasteiger partial charge in [-0.15, -0.1) is 0 Å². The van der Waals surface area contributed by atoms with E-state index in [4.69, 9.17) is 4.74 Å². The van der Waals surface area contributed by atoms with Crippen molar-refractivity contribution in [1.82, 2.24) is 4.72 Å². The number of ether oxygens (including phenoxy) is 1. The van der Waals surface area contributed by atoms with Gasteiger partial charge in [0.1, 0.15) is 0 Å². The lowest BCUT2D eigenvalue weighted by Gasteiger charge is -2.22. The highest BCUT2D eigenvalue weighted by molar-refractivity contribution is 7.89. The summed E-state index contributed by atoms with van der Waals surface area (Å²) in [6, 6.07) is 6.44. The van der Waals surface area contributed by atoms with Crippen molar-refractivity contribution in [3.05, 3.63) is 29.8 Å². The quantitative estimate of drug-likeness (QED) is 0.815. The maximum Gasteiger partial charge on any atom is 0.310 e. The smallest absolute Gasteiger partial charge is 0.310 e. The normalized spacial score (nSPS) is 16.4. The van der Waals surface area contributed by atoms with Crippen LogP contribution in [-0.2, 0) is 26.0 Å². The zero-order valence-electron chi connectivity index (χ0n) is 12.9. The zero-order chi connectivity index (χ0) is 16.0. The SMILES string of the molecule is CCOC(=O)Cc1ccc(S(=O)(=O)NC2CCCCC2)cc1. The minimum atomic E-state index is -3.48. The Morgan fingerprint density at radius 3 is 2.41 bits per heavy atom. The van der Waals surface area contributed by atoms with E-state index >= 15 is 0 Å². The van der Waals surface area contributed by atoms with Crippen LogP contribution in [0.3, 0.4) is 0 Å². The second-order valence-corrected chi connectivity index (χ2v) is 7.30. The molecular weight excluding hydrogens is 302 g/mol. The molecule has 122 valence electrons. The number of sulfonamides is 1. The Labute approximate surface area is 132 Å². The highest BCUT2D eigenvalue weighted by atomic mass is 32.2. The number of rotatable bonds is 6. The average molecular weight is 325 g/mol. The molecule has 0 spiro atoms. The maximum atomic E-state index is 12.3. The fourth-order valence-corrected chi connectivity index (χ4v) is 3.98. The monoisotopic (exact) mass is 325 g/mol. The van der Waals surface area contributed by atoms with Crippen molar-refractivity contribution in [3.8, 4) is 0 Å². The van der Waals surface area contributed by atoms with Crippen LogP contribution in [0, 0.1) is 0 Å². The number of hydrogen-bond acceptors (Lipinski definition) is 4. The molecule has 2 rings (SSSR count). The predicted molar refractivity (Wildman–Crippen MR) is 84.0 cm³/mol. The second kappa shape index (κ2) is 7.74. The molecule has 22 heavy (non-hydrogen) atoms. The lowest BCUT2D eigenvalue weighted by molar-refractivity contribution is -0.142. The first kappa shape index (κ1) is 17.0. The Kier molecular flexibility index (Phi) is 5.97. The van der Waals surface area contributed by atoms with Gasteiger partial charge in [0.25, 0.3) is 0 Å². The molecule has 1 fully saturated rings. The van der Waals surface area contributed by atoms with Gasteiger partial charge in [0.2, 0.25) is 10.0 Å². The first-order valence-electron chi connectivity index (χ1n) is 7.78. The Balaban J connectivity index is 2.00. The van der Waals surface area contributed by atoms with Crippen molar-refractivity contribution in [2.75, 3.05) is 6.61 Å². The van der Waals surface area contributed by atoms with E-state index in [1.165, 1.54) is 6.42 Å². The Morgan fingerprint density at radius 2 is 1.82 bits per heavy atom. The van der Waals surface area contributed by atoms with Gasteiger partial charge in [0.15, 0.2) is 0 Å². The van der Waals surface area contributed by atoms with Crippen LogP contribution in [0.15, 0.2) is 29.2 Å². The number of hydrogen-bond donors (Lipinski definition) is 1. The van der Waals surface area contributed by atoms with Gasteiger partial charge in [-0.3, -0.25) is 4.79 Å². The van der Waals surface area contributed by atoms with E-state index in [-0.39, 0.29) is 23.3 Å². The highest BCUT2D eigenvalue weighted by Gasteiger charge is 2.21. The van der Waals surface area contributed by atoms with Gasteiger partial charge in [-0.2, -0.15) is 0 Å². The van der Waals surface area contributed by atoms with Crippen molar-refractivity contribution in [3.63, 3.8) is 0 Å². The molecule has 5 nitrogen and oxygen atoms in total. The molecule has 1 aromatic rings. The first-order chi connectivity index (χ1) is 10.5. The highest BCUT2D eigenvalue weighted by Crippen LogP contribution is 2.20. The van der Waals surface area contributed by atoms with E-state index < -0.39 is 10.0 Å². The van der Waals surface area contributed by atoms with Gasteiger partial charge in [0.05, 0.1) is 17.9 Å². The number of nitrogens with one attached hydrogen (secondary N) is 1. The lowest BCUT2D eigenvalue weighted by Crippen LogP contribution is -2.36. The minimum absolute atomic E-state index is 0.0398. The van der Waals surface area contributed by atoms with E-state index in [2.05, 4.69) is 4.72 Å². The van der Waals surface area contributed by atoms with E-state index in [1.807, 2.05) is 0 Å². The molecule has 0 aromatic heterocycles. The van der Waals surface area contributed by atoms with Crippen LogP contribution in [0.25, 0.3) is 0 Å². The molecule has 1 saturated carbocycles. The molecule has 0 radical (unpaired) electrons. The van der Waals surface area contributed by atoms with E-state index in [1.54, 1.807) is 31.2 Å². The van der Waals surface area contributed by atoms with Gasteiger partial charge >= 0.3 is 5.97 Å². The Hall–Kier alpha value is -1.40. The number of esters is 1. The molecule has 0 atom stereocenters. The zero-order valence-corrected chi connectivity index (χ0v) is 13.7. The summed E-state index contributed by atoms with van der Waals surface area (Å²) >= 11 is 0. The van der Waals surface area contributed by atoms with Crippen molar-refractivity contribution < 1.29 is 17.9 Å². The van der Waals surface area contributed by atoms with Crippen molar-refractivity contribution in [2.45, 2.75) is 56.4 Å². The summed E-state index contributed by atoms with van der Waals surface area (Å²) in [7, 11) is -3.48.